The molecule has 1 N–H and O–H groups in total. The van der Waals surface area contributed by atoms with Crippen LogP contribution in [0.5, 0.6) is 0 Å². The third-order valence-electron chi connectivity index (χ3n) is 4.60. The summed E-state index contributed by atoms with van der Waals surface area (Å²) in [5, 5.41) is 3.49. The van der Waals surface area contributed by atoms with Crippen LogP contribution in [0.4, 0.5) is 5.69 Å². The quantitative estimate of drug-likeness (QED) is 0.542. The monoisotopic (exact) mass is 347 g/mol. The Morgan fingerprint density at radius 1 is 0.885 bits per heavy atom. The predicted molar refractivity (Wildman–Crippen MR) is 112 cm³/mol. The molecular formula is C23H29N3. The molecule has 1 aliphatic carbocycles. The van der Waals surface area contributed by atoms with E-state index in [-0.39, 0.29) is 5.41 Å². The molecule has 26 heavy (non-hydrogen) atoms. The highest BCUT2D eigenvalue weighted by atomic mass is 15.1. The van der Waals surface area contributed by atoms with E-state index in [0.717, 1.165) is 22.9 Å². The summed E-state index contributed by atoms with van der Waals surface area (Å²) in [7, 11) is 0. The number of hydrogen-bond donors (Lipinski definition) is 1. The first kappa shape index (κ1) is 18.4. The third kappa shape index (κ3) is 5.04. The van der Waals surface area contributed by atoms with Crippen LogP contribution in [0.15, 0.2) is 70.6 Å². The Labute approximate surface area is 157 Å². The molecule has 0 atom stereocenters. The van der Waals surface area contributed by atoms with Gasteiger partial charge in [0, 0.05) is 16.7 Å². The number of aliphatic imine (C=N–C) groups is 2. The molecule has 3 nitrogen and oxygen atoms in total. The largest absolute Gasteiger partial charge is 0.340 e. The molecule has 1 aliphatic rings. The Bertz CT molecular complexity index is 749. The lowest BCUT2D eigenvalue weighted by molar-refractivity contribution is 0.570. The molecule has 2 aromatic rings. The van der Waals surface area contributed by atoms with Crippen molar-refractivity contribution in [2.45, 2.75) is 52.5 Å². The molecule has 0 radical (unpaired) electrons. The fraction of sp³-hybridized carbons (Fsp3) is 0.391. The van der Waals surface area contributed by atoms with Crippen molar-refractivity contribution in [2.24, 2.45) is 15.4 Å². The Kier molecular flexibility index (Phi) is 5.87. The van der Waals surface area contributed by atoms with Gasteiger partial charge in [-0.3, -0.25) is 4.99 Å². The molecule has 1 fully saturated rings. The summed E-state index contributed by atoms with van der Waals surface area (Å²) in [5.41, 5.74) is 2.00. The van der Waals surface area contributed by atoms with Gasteiger partial charge in [0.05, 0.1) is 6.04 Å². The molecule has 136 valence electrons. The second-order valence-corrected chi connectivity index (χ2v) is 7.96. The van der Waals surface area contributed by atoms with E-state index in [2.05, 4.69) is 50.4 Å². The lowest BCUT2D eigenvalue weighted by Crippen LogP contribution is -2.25. The van der Waals surface area contributed by atoms with Crippen LogP contribution in [-0.2, 0) is 0 Å². The van der Waals surface area contributed by atoms with Crippen LogP contribution >= 0.6 is 0 Å². The maximum absolute atomic E-state index is 5.04. The summed E-state index contributed by atoms with van der Waals surface area (Å²) in [4.78, 5) is 10.1. The molecule has 0 bridgehead atoms. The minimum absolute atomic E-state index is 0.0962. The zero-order valence-corrected chi connectivity index (χ0v) is 16.1. The first-order chi connectivity index (χ1) is 12.5. The normalized spacial score (nSPS) is 16.7. The smallest absolute Gasteiger partial charge is 0.139 e. The van der Waals surface area contributed by atoms with Crippen molar-refractivity contribution in [3.8, 4) is 0 Å². The van der Waals surface area contributed by atoms with Gasteiger partial charge in [-0.25, -0.2) is 4.99 Å². The second-order valence-electron chi connectivity index (χ2n) is 7.96. The van der Waals surface area contributed by atoms with Crippen LogP contribution in [0.3, 0.4) is 0 Å². The minimum Gasteiger partial charge on any atom is -0.340 e. The Hall–Kier alpha value is -2.42. The summed E-state index contributed by atoms with van der Waals surface area (Å²) in [5.74, 6) is 1.77. The van der Waals surface area contributed by atoms with Crippen molar-refractivity contribution in [3.63, 3.8) is 0 Å². The topological polar surface area (TPSA) is 36.8 Å². The van der Waals surface area contributed by atoms with Crippen molar-refractivity contribution in [2.75, 3.05) is 5.32 Å². The zero-order valence-electron chi connectivity index (χ0n) is 16.1. The van der Waals surface area contributed by atoms with E-state index >= 15 is 0 Å². The number of nitrogens with one attached hydrogen (secondary N) is 1. The van der Waals surface area contributed by atoms with E-state index < -0.39 is 0 Å². The highest BCUT2D eigenvalue weighted by Gasteiger charge is 2.23. The minimum atomic E-state index is -0.0962. The van der Waals surface area contributed by atoms with Gasteiger partial charge < -0.3 is 5.32 Å². The van der Waals surface area contributed by atoms with E-state index in [9.17, 15) is 0 Å². The van der Waals surface area contributed by atoms with Crippen molar-refractivity contribution in [3.05, 3.63) is 66.2 Å². The van der Waals surface area contributed by atoms with Crippen molar-refractivity contribution in [1.29, 1.82) is 0 Å². The van der Waals surface area contributed by atoms with Crippen LogP contribution in [0.1, 0.15) is 52.0 Å². The number of nitrogens with zero attached hydrogens (tertiary/aromatic N) is 2. The summed E-state index contributed by atoms with van der Waals surface area (Å²) in [6, 6.07) is 20.9. The molecule has 0 amide bonds. The first-order valence-electron chi connectivity index (χ1n) is 9.57. The maximum atomic E-state index is 5.04. The lowest BCUT2D eigenvalue weighted by Gasteiger charge is -2.21. The number of anilines is 1. The van der Waals surface area contributed by atoms with E-state index in [1.807, 2.05) is 36.4 Å². The van der Waals surface area contributed by atoms with Gasteiger partial charge in [0.25, 0.3) is 0 Å². The van der Waals surface area contributed by atoms with Gasteiger partial charge in [-0.05, 0) is 25.0 Å². The predicted octanol–water partition coefficient (Wildman–Crippen LogP) is 5.93. The Balaban J connectivity index is 1.99. The highest BCUT2D eigenvalue weighted by Crippen LogP contribution is 2.25. The molecule has 0 heterocycles. The van der Waals surface area contributed by atoms with Crippen LogP contribution in [0.25, 0.3) is 0 Å². The molecule has 1 saturated carbocycles. The molecule has 3 rings (SSSR count). The number of benzene rings is 2. The van der Waals surface area contributed by atoms with E-state index in [4.69, 9.17) is 9.98 Å². The fourth-order valence-corrected chi connectivity index (χ4v) is 3.12. The molecule has 0 spiro atoms. The van der Waals surface area contributed by atoms with Gasteiger partial charge in [0.2, 0.25) is 0 Å². The summed E-state index contributed by atoms with van der Waals surface area (Å²) in [6.07, 6.45) is 4.93. The molecular weight excluding hydrogens is 318 g/mol. The summed E-state index contributed by atoms with van der Waals surface area (Å²) < 4.78 is 0. The number of rotatable bonds is 3. The number of hydrogen-bond acceptors (Lipinski definition) is 1. The van der Waals surface area contributed by atoms with Gasteiger partial charge in [-0.2, -0.15) is 0 Å². The first-order valence-corrected chi connectivity index (χ1v) is 9.57. The lowest BCUT2D eigenvalue weighted by atomic mass is 9.94. The SMILES string of the molecule is CC(C)(C)C(N=C(Nc1ccccc1)c1ccccc1)=NC1CCCC1. The van der Waals surface area contributed by atoms with Gasteiger partial charge in [-0.1, -0.05) is 82.1 Å². The van der Waals surface area contributed by atoms with E-state index in [1.54, 1.807) is 0 Å². The molecule has 3 heteroatoms. The maximum Gasteiger partial charge on any atom is 0.139 e. The van der Waals surface area contributed by atoms with Crippen LogP contribution in [0, 0.1) is 5.41 Å². The van der Waals surface area contributed by atoms with Gasteiger partial charge >= 0.3 is 0 Å². The number of amidine groups is 2. The van der Waals surface area contributed by atoms with Crippen molar-refractivity contribution < 1.29 is 0 Å². The highest BCUT2D eigenvalue weighted by molar-refractivity contribution is 6.14. The fourth-order valence-electron chi connectivity index (χ4n) is 3.12. The Morgan fingerprint density at radius 2 is 1.46 bits per heavy atom. The average molecular weight is 348 g/mol. The van der Waals surface area contributed by atoms with Gasteiger partial charge in [0.15, 0.2) is 0 Å². The average Bonchev–Trinajstić information content (AvgIpc) is 3.14. The van der Waals surface area contributed by atoms with E-state index in [0.29, 0.717) is 6.04 Å². The standard InChI is InChI=1S/C23H29N3/c1-23(2,3)22(25-20-16-10-11-17-20)26-21(18-12-6-4-7-13-18)24-19-14-8-5-9-15-19/h4-9,12-15,20H,10-11,16-17H2,1-3H3,(H,24,25,26). The van der Waals surface area contributed by atoms with Crippen LogP contribution in [-0.4, -0.2) is 17.7 Å². The van der Waals surface area contributed by atoms with Crippen molar-refractivity contribution in [1.82, 2.24) is 0 Å². The van der Waals surface area contributed by atoms with Crippen LogP contribution in [0.2, 0.25) is 0 Å². The Morgan fingerprint density at radius 3 is 2.04 bits per heavy atom. The molecule has 0 unspecified atom stereocenters. The third-order valence-corrected chi connectivity index (χ3v) is 4.60. The van der Waals surface area contributed by atoms with Gasteiger partial charge in [0.1, 0.15) is 11.7 Å². The zero-order chi connectivity index (χ0) is 18.4. The molecule has 0 aromatic heterocycles. The number of para-hydroxylation sites is 1. The summed E-state index contributed by atoms with van der Waals surface area (Å²) >= 11 is 0. The van der Waals surface area contributed by atoms with E-state index in [1.165, 1.54) is 25.7 Å². The molecule has 2 aromatic carbocycles. The van der Waals surface area contributed by atoms with Crippen molar-refractivity contribution >= 4 is 17.4 Å². The second kappa shape index (κ2) is 8.31. The van der Waals surface area contributed by atoms with Crippen LogP contribution < -0.4 is 5.32 Å². The molecule has 0 aliphatic heterocycles. The molecule has 0 saturated heterocycles. The van der Waals surface area contributed by atoms with Gasteiger partial charge in [-0.15, -0.1) is 0 Å². The summed E-state index contributed by atoms with van der Waals surface area (Å²) in [6.45, 7) is 6.57.